The van der Waals surface area contributed by atoms with Crippen LogP contribution in [-0.4, -0.2) is 11.6 Å². The van der Waals surface area contributed by atoms with E-state index in [2.05, 4.69) is 11.1 Å². The van der Waals surface area contributed by atoms with Crippen LogP contribution in [0.15, 0.2) is 5.38 Å². The van der Waals surface area contributed by atoms with Crippen molar-refractivity contribution in [3.05, 3.63) is 16.1 Å². The smallest absolute Gasteiger partial charge is 0.125 e. The Hall–Kier alpha value is -0.920. The molecule has 1 fully saturated rings. The Labute approximate surface area is 87.3 Å². The molecule has 2 rings (SSSR count). The van der Waals surface area contributed by atoms with Crippen LogP contribution in [0.5, 0.6) is 0 Å². The third-order valence-electron chi connectivity index (χ3n) is 2.37. The van der Waals surface area contributed by atoms with E-state index in [1.54, 1.807) is 11.3 Å². The monoisotopic (exact) mass is 208 g/mol. The van der Waals surface area contributed by atoms with Crippen LogP contribution in [-0.2, 0) is 4.74 Å². The van der Waals surface area contributed by atoms with E-state index >= 15 is 0 Å². The molecule has 3 nitrogen and oxygen atoms in total. The topological polar surface area (TPSA) is 45.9 Å². The first-order chi connectivity index (χ1) is 6.81. The van der Waals surface area contributed by atoms with E-state index in [4.69, 9.17) is 10.00 Å². The third kappa shape index (κ3) is 1.79. The molecule has 4 heteroatoms. The van der Waals surface area contributed by atoms with Crippen molar-refractivity contribution < 1.29 is 4.74 Å². The van der Waals surface area contributed by atoms with E-state index in [9.17, 15) is 0 Å². The van der Waals surface area contributed by atoms with Gasteiger partial charge in [-0.25, -0.2) is 4.98 Å². The van der Waals surface area contributed by atoms with Crippen LogP contribution in [0.25, 0.3) is 0 Å². The molecule has 14 heavy (non-hydrogen) atoms. The van der Waals surface area contributed by atoms with Crippen LogP contribution in [0.4, 0.5) is 0 Å². The van der Waals surface area contributed by atoms with Gasteiger partial charge in [0.25, 0.3) is 0 Å². The van der Waals surface area contributed by atoms with Gasteiger partial charge in [0.1, 0.15) is 11.1 Å². The molecule has 0 spiro atoms. The molecule has 0 radical (unpaired) electrons. The van der Waals surface area contributed by atoms with E-state index < -0.39 is 0 Å². The Bertz CT molecular complexity index is 355. The summed E-state index contributed by atoms with van der Waals surface area (Å²) in [5.41, 5.74) is 1.01. The van der Waals surface area contributed by atoms with Gasteiger partial charge in [0.15, 0.2) is 0 Å². The lowest BCUT2D eigenvalue weighted by Gasteiger charge is -2.25. The first kappa shape index (κ1) is 9.63. The fourth-order valence-corrected chi connectivity index (χ4v) is 2.57. The van der Waals surface area contributed by atoms with Crippen LogP contribution in [0.3, 0.4) is 0 Å². The van der Waals surface area contributed by atoms with Crippen molar-refractivity contribution in [1.29, 1.82) is 5.26 Å². The van der Waals surface area contributed by atoms with E-state index in [0.29, 0.717) is 0 Å². The van der Waals surface area contributed by atoms with Crippen LogP contribution < -0.4 is 0 Å². The van der Waals surface area contributed by atoms with Crippen molar-refractivity contribution in [2.75, 3.05) is 6.61 Å². The Balaban J connectivity index is 2.19. The number of aryl methyl sites for hydroxylation is 1. The molecule has 0 bridgehead atoms. The SMILES string of the molecule is Cc1csc(C2OCCCC2C#N)n1. The standard InChI is InChI=1S/C10H12N2OS/c1-7-6-14-10(12-7)9-8(5-11)3-2-4-13-9/h6,8-9H,2-4H2,1H3. The van der Waals surface area contributed by atoms with Gasteiger partial charge in [-0.2, -0.15) is 5.26 Å². The van der Waals surface area contributed by atoms with Crippen molar-refractivity contribution in [2.45, 2.75) is 25.9 Å². The maximum atomic E-state index is 8.98. The fraction of sp³-hybridized carbons (Fsp3) is 0.600. The second-order valence-electron chi connectivity index (χ2n) is 3.50. The zero-order chi connectivity index (χ0) is 9.97. The summed E-state index contributed by atoms with van der Waals surface area (Å²) in [7, 11) is 0. The Morgan fingerprint density at radius 3 is 3.21 bits per heavy atom. The molecule has 74 valence electrons. The molecule has 1 saturated heterocycles. The number of aromatic nitrogens is 1. The van der Waals surface area contributed by atoms with Crippen molar-refractivity contribution >= 4 is 11.3 Å². The van der Waals surface area contributed by atoms with Crippen molar-refractivity contribution in [1.82, 2.24) is 4.98 Å². The van der Waals surface area contributed by atoms with E-state index in [1.807, 2.05) is 12.3 Å². The zero-order valence-electron chi connectivity index (χ0n) is 8.06. The molecule has 1 aliphatic heterocycles. The van der Waals surface area contributed by atoms with Crippen LogP contribution in [0, 0.1) is 24.2 Å². The van der Waals surface area contributed by atoms with E-state index in [0.717, 1.165) is 30.2 Å². The predicted octanol–water partition coefficient (Wildman–Crippen LogP) is 2.44. The normalized spacial score (nSPS) is 27.1. The number of thiazole rings is 1. The minimum atomic E-state index is -0.0903. The molecular formula is C10H12N2OS. The van der Waals surface area contributed by atoms with Crippen molar-refractivity contribution in [3.63, 3.8) is 0 Å². The first-order valence-electron chi connectivity index (χ1n) is 4.74. The predicted molar refractivity (Wildman–Crippen MR) is 53.9 cm³/mol. The molecule has 0 aliphatic carbocycles. The van der Waals surface area contributed by atoms with Crippen molar-refractivity contribution in [2.24, 2.45) is 5.92 Å². The summed E-state index contributed by atoms with van der Waals surface area (Å²) in [5.74, 6) is -0.0192. The summed E-state index contributed by atoms with van der Waals surface area (Å²) >= 11 is 1.59. The van der Waals surface area contributed by atoms with Gasteiger partial charge in [-0.15, -0.1) is 11.3 Å². The fourth-order valence-electron chi connectivity index (χ4n) is 1.66. The minimum absolute atomic E-state index is 0.0192. The van der Waals surface area contributed by atoms with E-state index in [1.165, 1.54) is 0 Å². The number of nitriles is 1. The summed E-state index contributed by atoms with van der Waals surface area (Å²) < 4.78 is 5.61. The summed E-state index contributed by atoms with van der Waals surface area (Å²) in [6.07, 6.45) is 1.83. The molecular weight excluding hydrogens is 196 g/mol. The van der Waals surface area contributed by atoms with Crippen LogP contribution >= 0.6 is 11.3 Å². The number of ether oxygens (including phenoxy) is 1. The number of hydrogen-bond donors (Lipinski definition) is 0. The molecule has 2 heterocycles. The molecule has 0 N–H and O–H groups in total. The highest BCUT2D eigenvalue weighted by Gasteiger charge is 2.29. The van der Waals surface area contributed by atoms with Crippen molar-refractivity contribution in [3.8, 4) is 6.07 Å². The Morgan fingerprint density at radius 2 is 2.57 bits per heavy atom. The molecule has 1 aromatic rings. The third-order valence-corrected chi connectivity index (χ3v) is 3.39. The number of nitrogens with zero attached hydrogens (tertiary/aromatic N) is 2. The van der Waals surface area contributed by atoms with Gasteiger partial charge in [-0.05, 0) is 19.8 Å². The second-order valence-corrected chi connectivity index (χ2v) is 4.39. The van der Waals surface area contributed by atoms with Gasteiger partial charge in [0.2, 0.25) is 0 Å². The Morgan fingerprint density at radius 1 is 1.71 bits per heavy atom. The van der Waals surface area contributed by atoms with Gasteiger partial charge in [0, 0.05) is 17.7 Å². The lowest BCUT2D eigenvalue weighted by atomic mass is 9.96. The molecule has 2 unspecified atom stereocenters. The molecule has 1 aliphatic rings. The van der Waals surface area contributed by atoms with Gasteiger partial charge >= 0.3 is 0 Å². The first-order valence-corrected chi connectivity index (χ1v) is 5.62. The highest BCUT2D eigenvalue weighted by atomic mass is 32.1. The molecule has 0 aromatic carbocycles. The molecule has 0 amide bonds. The van der Waals surface area contributed by atoms with Crippen LogP contribution in [0.1, 0.15) is 29.6 Å². The highest BCUT2D eigenvalue weighted by Crippen LogP contribution is 2.34. The zero-order valence-corrected chi connectivity index (χ0v) is 8.88. The summed E-state index contributed by atoms with van der Waals surface area (Å²) in [5, 5.41) is 11.9. The van der Waals surface area contributed by atoms with Gasteiger partial charge < -0.3 is 4.74 Å². The largest absolute Gasteiger partial charge is 0.370 e. The molecule has 2 atom stereocenters. The van der Waals surface area contributed by atoms with Gasteiger partial charge in [-0.3, -0.25) is 0 Å². The van der Waals surface area contributed by atoms with Gasteiger partial charge in [0.05, 0.1) is 12.0 Å². The number of hydrogen-bond acceptors (Lipinski definition) is 4. The van der Waals surface area contributed by atoms with Crippen LogP contribution in [0.2, 0.25) is 0 Å². The molecule has 0 saturated carbocycles. The van der Waals surface area contributed by atoms with Gasteiger partial charge in [-0.1, -0.05) is 0 Å². The quantitative estimate of drug-likeness (QED) is 0.712. The lowest BCUT2D eigenvalue weighted by Crippen LogP contribution is -2.21. The number of rotatable bonds is 1. The Kier molecular flexibility index (Phi) is 2.80. The second kappa shape index (κ2) is 4.07. The van der Waals surface area contributed by atoms with E-state index in [-0.39, 0.29) is 12.0 Å². The molecule has 1 aromatic heterocycles. The summed E-state index contributed by atoms with van der Waals surface area (Å²) in [6.45, 7) is 2.71. The maximum Gasteiger partial charge on any atom is 0.125 e. The average Bonchev–Trinajstić information content (AvgIpc) is 2.65. The summed E-state index contributed by atoms with van der Waals surface area (Å²) in [4.78, 5) is 4.37. The summed E-state index contributed by atoms with van der Waals surface area (Å²) in [6, 6.07) is 2.30. The maximum absolute atomic E-state index is 8.98. The average molecular weight is 208 g/mol. The lowest BCUT2D eigenvalue weighted by molar-refractivity contribution is -0.0103. The highest BCUT2D eigenvalue weighted by molar-refractivity contribution is 7.09. The minimum Gasteiger partial charge on any atom is -0.370 e.